The summed E-state index contributed by atoms with van der Waals surface area (Å²) in [5.74, 6) is 0.502. The van der Waals surface area contributed by atoms with Gasteiger partial charge in [0.2, 0.25) is 5.95 Å². The number of nitrogens with one attached hydrogen (secondary N) is 1. The van der Waals surface area contributed by atoms with Gasteiger partial charge in [0.05, 0.1) is 16.3 Å². The molecule has 0 fully saturated rings. The maximum Gasteiger partial charge on any atom is 0.273 e. The van der Waals surface area contributed by atoms with Gasteiger partial charge >= 0.3 is 0 Å². The van der Waals surface area contributed by atoms with Crippen LogP contribution in [0.5, 0.6) is 5.75 Å². The van der Waals surface area contributed by atoms with Crippen molar-refractivity contribution in [1.29, 1.82) is 0 Å². The van der Waals surface area contributed by atoms with Gasteiger partial charge in [-0.3, -0.25) is 9.78 Å². The maximum atomic E-state index is 13.2. The van der Waals surface area contributed by atoms with E-state index >= 15 is 0 Å². The number of carbonyl (C=O) groups excluding carboxylic acids is 1. The highest BCUT2D eigenvalue weighted by Crippen LogP contribution is 2.26. The summed E-state index contributed by atoms with van der Waals surface area (Å²) in [6, 6.07) is 10.9. The van der Waals surface area contributed by atoms with Gasteiger partial charge in [-0.1, -0.05) is 18.2 Å². The number of aromatic nitrogens is 3. The van der Waals surface area contributed by atoms with Crippen LogP contribution in [-0.4, -0.2) is 44.5 Å². The lowest BCUT2D eigenvalue weighted by Gasteiger charge is -2.19. The molecule has 7 nitrogen and oxygen atoms in total. The number of anilines is 1. The highest BCUT2D eigenvalue weighted by Gasteiger charge is 2.20. The Labute approximate surface area is 190 Å². The number of thiophene rings is 1. The molecule has 0 bridgehead atoms. The summed E-state index contributed by atoms with van der Waals surface area (Å²) in [5, 5.41) is 14.7. The molecule has 0 radical (unpaired) electrons. The summed E-state index contributed by atoms with van der Waals surface area (Å²) in [6.07, 6.45) is 4.32. The number of phenols is 1. The van der Waals surface area contributed by atoms with Crippen molar-refractivity contribution in [2.75, 3.05) is 18.9 Å². The molecular weight excluding hydrogens is 422 g/mol. The SMILES string of the molecule is Cc1cncc([C@H](C)Nc2nc(C(=O)N(C)CCc3ccc(O)cc3)c3sccc3n2)c1. The van der Waals surface area contributed by atoms with Crippen molar-refractivity contribution < 1.29 is 9.90 Å². The van der Waals surface area contributed by atoms with E-state index in [9.17, 15) is 9.90 Å². The third-order valence-corrected chi connectivity index (χ3v) is 6.18. The minimum Gasteiger partial charge on any atom is -0.508 e. The van der Waals surface area contributed by atoms with Crippen molar-refractivity contribution >= 4 is 33.4 Å². The Hall–Kier alpha value is -3.52. The van der Waals surface area contributed by atoms with E-state index in [4.69, 9.17) is 0 Å². The van der Waals surface area contributed by atoms with E-state index < -0.39 is 0 Å². The molecule has 0 unspecified atom stereocenters. The van der Waals surface area contributed by atoms with Crippen molar-refractivity contribution in [2.24, 2.45) is 0 Å². The summed E-state index contributed by atoms with van der Waals surface area (Å²) < 4.78 is 0.780. The molecule has 0 saturated carbocycles. The molecule has 164 valence electrons. The molecule has 8 heteroatoms. The van der Waals surface area contributed by atoms with Gasteiger partial charge in [-0.2, -0.15) is 0 Å². The topological polar surface area (TPSA) is 91.2 Å². The van der Waals surface area contributed by atoms with Gasteiger partial charge in [0.25, 0.3) is 5.91 Å². The van der Waals surface area contributed by atoms with Crippen LogP contribution in [0.25, 0.3) is 10.2 Å². The van der Waals surface area contributed by atoms with E-state index in [0.29, 0.717) is 24.6 Å². The molecule has 3 heterocycles. The number of carbonyl (C=O) groups is 1. The van der Waals surface area contributed by atoms with Crippen LogP contribution in [0.4, 0.5) is 5.95 Å². The highest BCUT2D eigenvalue weighted by atomic mass is 32.1. The first-order chi connectivity index (χ1) is 15.4. The summed E-state index contributed by atoms with van der Waals surface area (Å²) in [4.78, 5) is 28.4. The molecule has 1 aromatic carbocycles. The second-order valence-electron chi connectivity index (χ2n) is 7.84. The summed E-state index contributed by atoms with van der Waals surface area (Å²) in [5.41, 5.74) is 4.30. The molecular formula is C24H25N5O2S. The number of nitrogens with zero attached hydrogens (tertiary/aromatic N) is 4. The Kier molecular flexibility index (Phi) is 6.32. The van der Waals surface area contributed by atoms with Gasteiger partial charge in [-0.05, 0) is 60.5 Å². The number of phenolic OH excluding ortho intramolecular Hbond substituents is 1. The van der Waals surface area contributed by atoms with Crippen LogP contribution < -0.4 is 5.32 Å². The third-order valence-electron chi connectivity index (χ3n) is 5.27. The normalized spacial score (nSPS) is 12.0. The van der Waals surface area contributed by atoms with E-state index in [-0.39, 0.29) is 17.7 Å². The Morgan fingerprint density at radius 1 is 1.19 bits per heavy atom. The lowest BCUT2D eigenvalue weighted by atomic mass is 10.1. The number of fused-ring (bicyclic) bond motifs is 1. The van der Waals surface area contributed by atoms with Crippen molar-refractivity contribution in [3.8, 4) is 5.75 Å². The van der Waals surface area contributed by atoms with Crippen molar-refractivity contribution in [1.82, 2.24) is 19.9 Å². The zero-order chi connectivity index (χ0) is 22.7. The second-order valence-corrected chi connectivity index (χ2v) is 8.75. The van der Waals surface area contributed by atoms with E-state index in [1.807, 2.05) is 49.8 Å². The fourth-order valence-electron chi connectivity index (χ4n) is 3.41. The molecule has 0 aliphatic carbocycles. The van der Waals surface area contributed by atoms with Gasteiger partial charge in [0, 0.05) is 26.0 Å². The van der Waals surface area contributed by atoms with Crippen LogP contribution >= 0.6 is 11.3 Å². The van der Waals surface area contributed by atoms with Crippen LogP contribution in [0.15, 0.2) is 54.2 Å². The molecule has 1 atom stereocenters. The summed E-state index contributed by atoms with van der Waals surface area (Å²) >= 11 is 1.46. The molecule has 2 N–H and O–H groups in total. The number of pyridine rings is 1. The number of likely N-dealkylation sites (N-methyl/N-ethyl adjacent to an activating group) is 1. The molecule has 0 spiro atoms. The highest BCUT2D eigenvalue weighted by molar-refractivity contribution is 7.17. The van der Waals surface area contributed by atoms with Crippen LogP contribution in [0.2, 0.25) is 0 Å². The minimum atomic E-state index is -0.147. The Morgan fingerprint density at radius 2 is 1.97 bits per heavy atom. The molecule has 3 aromatic heterocycles. The molecule has 0 aliphatic rings. The average Bonchev–Trinajstić information content (AvgIpc) is 3.26. The number of hydrogen-bond acceptors (Lipinski definition) is 7. The molecule has 32 heavy (non-hydrogen) atoms. The van der Waals surface area contributed by atoms with Crippen molar-refractivity contribution in [3.05, 3.63) is 76.6 Å². The zero-order valence-corrected chi connectivity index (χ0v) is 19.1. The summed E-state index contributed by atoms with van der Waals surface area (Å²) in [7, 11) is 1.78. The quantitative estimate of drug-likeness (QED) is 0.431. The third kappa shape index (κ3) is 4.86. The van der Waals surface area contributed by atoms with E-state index in [1.54, 1.807) is 24.1 Å². The van der Waals surface area contributed by atoms with Crippen molar-refractivity contribution in [2.45, 2.75) is 26.3 Å². The van der Waals surface area contributed by atoms with Gasteiger partial charge in [-0.15, -0.1) is 11.3 Å². The monoisotopic (exact) mass is 447 g/mol. The van der Waals surface area contributed by atoms with E-state index in [2.05, 4.69) is 26.3 Å². The fraction of sp³-hybridized carbons (Fsp3) is 0.250. The maximum absolute atomic E-state index is 13.2. The van der Waals surface area contributed by atoms with E-state index in [1.165, 1.54) is 11.3 Å². The average molecular weight is 448 g/mol. The van der Waals surface area contributed by atoms with Gasteiger partial charge in [-0.25, -0.2) is 9.97 Å². The Morgan fingerprint density at radius 3 is 2.72 bits per heavy atom. The van der Waals surface area contributed by atoms with Crippen LogP contribution in [0.3, 0.4) is 0 Å². The zero-order valence-electron chi connectivity index (χ0n) is 18.2. The number of rotatable bonds is 7. The molecule has 1 amide bonds. The van der Waals surface area contributed by atoms with Crippen LogP contribution in [0.1, 0.15) is 40.1 Å². The number of aromatic hydroxyl groups is 1. The van der Waals surface area contributed by atoms with Crippen LogP contribution in [-0.2, 0) is 6.42 Å². The molecule has 0 saturated heterocycles. The Bertz CT molecular complexity index is 1240. The molecule has 0 aliphatic heterocycles. The number of benzene rings is 1. The first kappa shape index (κ1) is 21.7. The van der Waals surface area contributed by atoms with Crippen molar-refractivity contribution in [3.63, 3.8) is 0 Å². The standard InChI is InChI=1S/C24H25N5O2S/c1-15-12-18(14-25-13-15)16(2)26-24-27-20-9-11-32-22(20)21(28-24)23(31)29(3)10-8-17-4-6-19(30)7-5-17/h4-7,9,11-14,16,30H,8,10H2,1-3H3,(H,26,27,28)/t16-/m0/s1. The number of aryl methyl sites for hydroxylation is 1. The molecule has 4 rings (SSSR count). The first-order valence-electron chi connectivity index (χ1n) is 10.4. The fourth-order valence-corrected chi connectivity index (χ4v) is 4.22. The molecule has 4 aromatic rings. The second kappa shape index (κ2) is 9.32. The largest absolute Gasteiger partial charge is 0.508 e. The van der Waals surface area contributed by atoms with E-state index in [0.717, 1.165) is 26.9 Å². The Balaban J connectivity index is 1.54. The summed E-state index contributed by atoms with van der Waals surface area (Å²) in [6.45, 7) is 4.55. The van der Waals surface area contributed by atoms with Gasteiger partial charge in [0.15, 0.2) is 5.69 Å². The predicted molar refractivity (Wildman–Crippen MR) is 127 cm³/mol. The van der Waals surface area contributed by atoms with Gasteiger partial charge in [0.1, 0.15) is 5.75 Å². The number of amides is 1. The predicted octanol–water partition coefficient (Wildman–Crippen LogP) is 4.59. The van der Waals surface area contributed by atoms with Crippen LogP contribution in [0, 0.1) is 6.92 Å². The van der Waals surface area contributed by atoms with Gasteiger partial charge < -0.3 is 15.3 Å². The smallest absolute Gasteiger partial charge is 0.273 e. The number of hydrogen-bond donors (Lipinski definition) is 2. The lowest BCUT2D eigenvalue weighted by Crippen LogP contribution is -2.30. The lowest BCUT2D eigenvalue weighted by molar-refractivity contribution is 0.0793. The minimum absolute atomic E-state index is 0.0614. The first-order valence-corrected chi connectivity index (χ1v) is 11.3.